The van der Waals surface area contributed by atoms with Crippen LogP contribution in [0.4, 0.5) is 0 Å². The van der Waals surface area contributed by atoms with E-state index in [0.717, 1.165) is 31.5 Å². The molecule has 0 atom stereocenters. The fourth-order valence-electron chi connectivity index (χ4n) is 5.01. The van der Waals surface area contributed by atoms with Crippen molar-refractivity contribution in [3.63, 3.8) is 0 Å². The zero-order valence-electron chi connectivity index (χ0n) is 23.4. The summed E-state index contributed by atoms with van der Waals surface area (Å²) in [6.07, 6.45) is 10.2. The predicted octanol–water partition coefficient (Wildman–Crippen LogP) is 4.16. The highest BCUT2D eigenvalue weighted by Gasteiger charge is 2.22. The van der Waals surface area contributed by atoms with Gasteiger partial charge in [-0.2, -0.15) is 0 Å². The van der Waals surface area contributed by atoms with Crippen LogP contribution in [0.2, 0.25) is 0 Å². The fourth-order valence-corrected chi connectivity index (χ4v) is 5.01. The van der Waals surface area contributed by atoms with E-state index in [0.29, 0.717) is 12.8 Å². The molecule has 36 heavy (non-hydrogen) atoms. The Hall–Kier alpha value is -1.22. The second-order valence-electron chi connectivity index (χ2n) is 11.3. The van der Waals surface area contributed by atoms with Crippen LogP contribution in [0.25, 0.3) is 0 Å². The Morgan fingerprint density at radius 1 is 0.861 bits per heavy atom. The Morgan fingerprint density at radius 3 is 2.00 bits per heavy atom. The molecule has 0 radical (unpaired) electrons. The zero-order valence-corrected chi connectivity index (χ0v) is 23.4. The van der Waals surface area contributed by atoms with E-state index in [-0.39, 0.29) is 44.3 Å². The lowest BCUT2D eigenvalue weighted by atomic mass is 9.87. The number of hydrogen-bond donors (Lipinski definition) is 1. The van der Waals surface area contributed by atoms with E-state index >= 15 is 0 Å². The fraction of sp³-hybridized carbons (Fsp3) is 0.929. The Balaban J connectivity index is 1.44. The van der Waals surface area contributed by atoms with Crippen molar-refractivity contribution < 1.29 is 28.5 Å². The average Bonchev–Trinajstić information content (AvgIpc) is 2.84. The summed E-state index contributed by atoms with van der Waals surface area (Å²) in [5.41, 5.74) is 0. The molecule has 2 saturated heterocycles. The lowest BCUT2D eigenvalue weighted by Crippen LogP contribution is -2.35. The molecule has 2 aliphatic heterocycles. The third kappa shape index (κ3) is 14.5. The summed E-state index contributed by atoms with van der Waals surface area (Å²) in [5, 5.41) is 3.45. The van der Waals surface area contributed by atoms with E-state index in [1.807, 2.05) is 13.8 Å². The van der Waals surface area contributed by atoms with Gasteiger partial charge in [-0.15, -0.1) is 0 Å². The summed E-state index contributed by atoms with van der Waals surface area (Å²) >= 11 is 0. The number of ether oxygens (including phenoxy) is 4. The largest absolute Gasteiger partial charge is 0.463 e. The molecule has 0 aromatic heterocycles. The SMILES string of the molecule is CC(C)CC(=O)OCCOC(C)(C)OCCOC(=O)CCN1CCC(CCCC2CCNCC2)CC1. The number of likely N-dealkylation sites (tertiary alicyclic amines) is 1. The van der Waals surface area contributed by atoms with Crippen molar-refractivity contribution in [2.45, 2.75) is 91.3 Å². The highest BCUT2D eigenvalue weighted by Crippen LogP contribution is 2.26. The normalized spacial score (nSPS) is 18.5. The van der Waals surface area contributed by atoms with Crippen LogP contribution in [0.5, 0.6) is 0 Å². The summed E-state index contributed by atoms with van der Waals surface area (Å²) in [5.74, 6) is 0.827. The summed E-state index contributed by atoms with van der Waals surface area (Å²) < 4.78 is 21.8. The molecule has 2 heterocycles. The Bertz CT molecular complexity index is 613. The molecule has 1 N–H and O–H groups in total. The molecule has 0 aromatic rings. The van der Waals surface area contributed by atoms with Gasteiger partial charge in [-0.05, 0) is 83.5 Å². The van der Waals surface area contributed by atoms with E-state index in [2.05, 4.69) is 10.2 Å². The van der Waals surface area contributed by atoms with Crippen LogP contribution in [-0.4, -0.2) is 81.8 Å². The van der Waals surface area contributed by atoms with Crippen molar-refractivity contribution in [2.75, 3.05) is 59.2 Å². The molecule has 2 rings (SSSR count). The third-order valence-corrected chi connectivity index (χ3v) is 7.19. The molecule has 210 valence electrons. The average molecular weight is 513 g/mol. The summed E-state index contributed by atoms with van der Waals surface area (Å²) in [7, 11) is 0. The Morgan fingerprint density at radius 2 is 1.42 bits per heavy atom. The van der Waals surface area contributed by atoms with Crippen molar-refractivity contribution in [1.82, 2.24) is 10.2 Å². The number of hydrogen-bond acceptors (Lipinski definition) is 8. The van der Waals surface area contributed by atoms with E-state index < -0.39 is 5.79 Å². The number of esters is 2. The topological polar surface area (TPSA) is 86.3 Å². The van der Waals surface area contributed by atoms with Gasteiger partial charge in [0.25, 0.3) is 0 Å². The van der Waals surface area contributed by atoms with Crippen molar-refractivity contribution in [2.24, 2.45) is 17.8 Å². The smallest absolute Gasteiger partial charge is 0.307 e. The van der Waals surface area contributed by atoms with Crippen LogP contribution >= 0.6 is 0 Å². The van der Waals surface area contributed by atoms with Gasteiger partial charge in [-0.25, -0.2) is 0 Å². The predicted molar refractivity (Wildman–Crippen MR) is 141 cm³/mol. The molecule has 0 aromatic carbocycles. The molecule has 8 nitrogen and oxygen atoms in total. The van der Waals surface area contributed by atoms with Crippen LogP contribution in [0.15, 0.2) is 0 Å². The maximum atomic E-state index is 12.1. The van der Waals surface area contributed by atoms with Gasteiger partial charge < -0.3 is 29.2 Å². The first-order valence-electron chi connectivity index (χ1n) is 14.3. The number of nitrogens with one attached hydrogen (secondary N) is 1. The van der Waals surface area contributed by atoms with Crippen molar-refractivity contribution >= 4 is 11.9 Å². The van der Waals surface area contributed by atoms with Crippen LogP contribution in [0.1, 0.15) is 85.5 Å². The second kappa shape index (κ2) is 17.3. The van der Waals surface area contributed by atoms with Crippen LogP contribution < -0.4 is 5.32 Å². The van der Waals surface area contributed by atoms with Crippen LogP contribution in [-0.2, 0) is 28.5 Å². The van der Waals surface area contributed by atoms with Gasteiger partial charge in [0.1, 0.15) is 13.2 Å². The molecule has 8 heteroatoms. The monoisotopic (exact) mass is 512 g/mol. The van der Waals surface area contributed by atoms with Gasteiger partial charge in [-0.1, -0.05) is 33.1 Å². The minimum Gasteiger partial charge on any atom is -0.463 e. The molecule has 0 bridgehead atoms. The minimum atomic E-state index is -0.838. The third-order valence-electron chi connectivity index (χ3n) is 7.19. The standard InChI is InChI=1S/C28H52N2O6/c1-23(2)22-27(32)34-19-21-36-28(3,4)35-20-18-33-26(31)12-17-30-15-10-25(11-16-30)7-5-6-24-8-13-29-14-9-24/h23-25,29H,5-22H2,1-4H3. The lowest BCUT2D eigenvalue weighted by Gasteiger charge is -2.32. The van der Waals surface area contributed by atoms with Crippen LogP contribution in [0.3, 0.4) is 0 Å². The molecule has 0 unspecified atom stereocenters. The van der Waals surface area contributed by atoms with Gasteiger partial charge in [0.15, 0.2) is 5.79 Å². The van der Waals surface area contributed by atoms with Crippen molar-refractivity contribution in [1.29, 1.82) is 0 Å². The van der Waals surface area contributed by atoms with Crippen molar-refractivity contribution in [3.05, 3.63) is 0 Å². The maximum absolute atomic E-state index is 12.1. The molecule has 2 fully saturated rings. The highest BCUT2D eigenvalue weighted by molar-refractivity contribution is 5.69. The van der Waals surface area contributed by atoms with Gasteiger partial charge in [0.05, 0.1) is 19.6 Å². The first-order chi connectivity index (χ1) is 17.2. The summed E-state index contributed by atoms with van der Waals surface area (Å²) in [6, 6.07) is 0. The molecule has 0 saturated carbocycles. The zero-order chi connectivity index (χ0) is 26.2. The van der Waals surface area contributed by atoms with Gasteiger partial charge in [-0.3, -0.25) is 9.59 Å². The minimum absolute atomic E-state index is 0.182. The first-order valence-corrected chi connectivity index (χ1v) is 14.3. The van der Waals surface area contributed by atoms with E-state index in [1.54, 1.807) is 13.8 Å². The summed E-state index contributed by atoms with van der Waals surface area (Å²) in [6.45, 7) is 13.8. The number of carbonyl (C=O) groups is 2. The molecule has 0 aliphatic carbocycles. The quantitative estimate of drug-likeness (QED) is 0.177. The Labute approximate surface area is 219 Å². The Kier molecular flexibility index (Phi) is 14.9. The first kappa shape index (κ1) is 31.0. The maximum Gasteiger partial charge on any atom is 0.307 e. The molecular weight excluding hydrogens is 460 g/mol. The lowest BCUT2D eigenvalue weighted by molar-refractivity contribution is -0.223. The van der Waals surface area contributed by atoms with Gasteiger partial charge in [0.2, 0.25) is 0 Å². The van der Waals surface area contributed by atoms with Gasteiger partial charge >= 0.3 is 11.9 Å². The molecule has 2 aliphatic rings. The molecule has 0 amide bonds. The van der Waals surface area contributed by atoms with E-state index in [4.69, 9.17) is 18.9 Å². The van der Waals surface area contributed by atoms with Crippen LogP contribution in [0, 0.1) is 17.8 Å². The number of carbonyl (C=O) groups excluding carboxylic acids is 2. The number of rotatable bonds is 17. The highest BCUT2D eigenvalue weighted by atomic mass is 16.7. The number of nitrogens with zero attached hydrogens (tertiary/aromatic N) is 1. The molecule has 0 spiro atoms. The summed E-state index contributed by atoms with van der Waals surface area (Å²) in [4.78, 5) is 26.1. The number of piperidine rings is 2. The second-order valence-corrected chi connectivity index (χ2v) is 11.3. The van der Waals surface area contributed by atoms with E-state index in [1.165, 1.54) is 58.0 Å². The van der Waals surface area contributed by atoms with Gasteiger partial charge in [0, 0.05) is 13.0 Å². The van der Waals surface area contributed by atoms with E-state index in [9.17, 15) is 9.59 Å². The molecular formula is C28H52N2O6. The van der Waals surface area contributed by atoms with Crippen molar-refractivity contribution in [3.8, 4) is 0 Å².